The van der Waals surface area contributed by atoms with Gasteiger partial charge in [0.25, 0.3) is 0 Å². The molecule has 1 atom stereocenters. The normalized spacial score (nSPS) is 17.2. The van der Waals surface area contributed by atoms with E-state index in [0.717, 1.165) is 16.7 Å². The van der Waals surface area contributed by atoms with Gasteiger partial charge in [0, 0.05) is 31.8 Å². The SMILES string of the molecule is Cc1ccccc1C1C(=O)NCCN1C(=O)CCc1ccc(=O)[nH]c1. The van der Waals surface area contributed by atoms with Gasteiger partial charge in [-0.05, 0) is 30.0 Å². The average Bonchev–Trinajstić information content (AvgIpc) is 2.61. The maximum absolute atomic E-state index is 12.8. The molecule has 1 aromatic heterocycles. The van der Waals surface area contributed by atoms with Crippen LogP contribution >= 0.6 is 0 Å². The van der Waals surface area contributed by atoms with Crippen LogP contribution in [-0.4, -0.2) is 34.8 Å². The van der Waals surface area contributed by atoms with Crippen molar-refractivity contribution in [3.8, 4) is 0 Å². The van der Waals surface area contributed by atoms with Gasteiger partial charge in [0.15, 0.2) is 0 Å². The molecule has 6 nitrogen and oxygen atoms in total. The van der Waals surface area contributed by atoms with Crippen molar-refractivity contribution in [2.24, 2.45) is 0 Å². The lowest BCUT2D eigenvalue weighted by Gasteiger charge is -2.36. The molecule has 1 aliphatic rings. The van der Waals surface area contributed by atoms with Gasteiger partial charge in [-0.25, -0.2) is 0 Å². The summed E-state index contributed by atoms with van der Waals surface area (Å²) < 4.78 is 0. The minimum atomic E-state index is -0.585. The van der Waals surface area contributed by atoms with Gasteiger partial charge >= 0.3 is 0 Å². The first-order chi connectivity index (χ1) is 12.1. The van der Waals surface area contributed by atoms with Crippen LogP contribution in [0.1, 0.15) is 29.2 Å². The lowest BCUT2D eigenvalue weighted by atomic mass is 9.97. The van der Waals surface area contributed by atoms with Crippen molar-refractivity contribution in [2.45, 2.75) is 25.8 Å². The fourth-order valence-electron chi connectivity index (χ4n) is 3.13. The number of amides is 2. The predicted octanol–water partition coefficient (Wildman–Crippen LogP) is 1.32. The highest BCUT2D eigenvalue weighted by molar-refractivity contribution is 5.90. The van der Waals surface area contributed by atoms with Crippen molar-refractivity contribution in [1.82, 2.24) is 15.2 Å². The minimum absolute atomic E-state index is 0.0608. The number of aromatic nitrogens is 1. The molecule has 0 bridgehead atoms. The molecule has 2 amide bonds. The van der Waals surface area contributed by atoms with Crippen LogP contribution in [0.5, 0.6) is 0 Å². The lowest BCUT2D eigenvalue weighted by molar-refractivity contribution is -0.143. The number of pyridine rings is 1. The zero-order valence-corrected chi connectivity index (χ0v) is 14.1. The number of benzene rings is 1. The first-order valence-corrected chi connectivity index (χ1v) is 8.36. The number of nitrogens with one attached hydrogen (secondary N) is 2. The molecule has 2 aromatic rings. The first-order valence-electron chi connectivity index (χ1n) is 8.36. The number of H-pyrrole nitrogens is 1. The molecule has 1 aromatic carbocycles. The highest BCUT2D eigenvalue weighted by atomic mass is 16.2. The Balaban J connectivity index is 1.77. The smallest absolute Gasteiger partial charge is 0.247 e. The van der Waals surface area contributed by atoms with E-state index in [1.165, 1.54) is 6.07 Å². The van der Waals surface area contributed by atoms with Crippen LogP contribution in [0.15, 0.2) is 47.4 Å². The minimum Gasteiger partial charge on any atom is -0.352 e. The topological polar surface area (TPSA) is 82.3 Å². The summed E-state index contributed by atoms with van der Waals surface area (Å²) in [6.07, 6.45) is 2.44. The summed E-state index contributed by atoms with van der Waals surface area (Å²) in [5.41, 5.74) is 2.57. The molecule has 1 fully saturated rings. The second-order valence-electron chi connectivity index (χ2n) is 6.20. The van der Waals surface area contributed by atoms with Gasteiger partial charge in [-0.2, -0.15) is 0 Å². The lowest BCUT2D eigenvalue weighted by Crippen LogP contribution is -2.52. The second kappa shape index (κ2) is 7.34. The summed E-state index contributed by atoms with van der Waals surface area (Å²) in [5, 5.41) is 2.85. The van der Waals surface area contributed by atoms with E-state index in [2.05, 4.69) is 10.3 Å². The number of piperazine rings is 1. The summed E-state index contributed by atoms with van der Waals surface area (Å²) in [6, 6.07) is 10.2. The van der Waals surface area contributed by atoms with Crippen molar-refractivity contribution in [1.29, 1.82) is 0 Å². The third-order valence-corrected chi connectivity index (χ3v) is 4.49. The molecule has 0 spiro atoms. The van der Waals surface area contributed by atoms with E-state index >= 15 is 0 Å². The molecule has 2 heterocycles. The van der Waals surface area contributed by atoms with Gasteiger partial charge < -0.3 is 15.2 Å². The third-order valence-electron chi connectivity index (χ3n) is 4.49. The predicted molar refractivity (Wildman–Crippen MR) is 94.0 cm³/mol. The third kappa shape index (κ3) is 3.79. The number of aryl methyl sites for hydroxylation is 2. The van der Waals surface area contributed by atoms with Crippen molar-refractivity contribution in [3.63, 3.8) is 0 Å². The van der Waals surface area contributed by atoms with Crippen LogP contribution in [0.3, 0.4) is 0 Å². The molecule has 6 heteroatoms. The van der Waals surface area contributed by atoms with Crippen LogP contribution < -0.4 is 10.9 Å². The molecule has 0 saturated carbocycles. The molecule has 1 unspecified atom stereocenters. The molecular weight excluding hydrogens is 318 g/mol. The number of hydrogen-bond acceptors (Lipinski definition) is 3. The molecule has 1 aliphatic heterocycles. The molecule has 130 valence electrons. The van der Waals surface area contributed by atoms with Gasteiger partial charge in [0.2, 0.25) is 17.4 Å². The second-order valence-corrected chi connectivity index (χ2v) is 6.20. The van der Waals surface area contributed by atoms with Gasteiger partial charge in [0.1, 0.15) is 6.04 Å². The van der Waals surface area contributed by atoms with Crippen molar-refractivity contribution < 1.29 is 9.59 Å². The summed E-state index contributed by atoms with van der Waals surface area (Å²) in [5.74, 6) is -0.202. The summed E-state index contributed by atoms with van der Waals surface area (Å²) in [7, 11) is 0. The van der Waals surface area contributed by atoms with E-state index in [1.807, 2.05) is 31.2 Å². The first kappa shape index (κ1) is 17.0. The van der Waals surface area contributed by atoms with E-state index in [1.54, 1.807) is 17.2 Å². The number of carbonyl (C=O) groups is 2. The Morgan fingerprint density at radius 2 is 2.00 bits per heavy atom. The van der Waals surface area contributed by atoms with Gasteiger partial charge in [-0.3, -0.25) is 14.4 Å². The molecule has 0 aliphatic carbocycles. The Morgan fingerprint density at radius 3 is 2.72 bits per heavy atom. The number of carbonyl (C=O) groups excluding carboxylic acids is 2. The van der Waals surface area contributed by atoms with E-state index < -0.39 is 6.04 Å². The Hall–Kier alpha value is -2.89. The summed E-state index contributed by atoms with van der Waals surface area (Å²) in [4.78, 5) is 40.5. The van der Waals surface area contributed by atoms with Crippen LogP contribution in [0.2, 0.25) is 0 Å². The maximum Gasteiger partial charge on any atom is 0.247 e. The van der Waals surface area contributed by atoms with Crippen LogP contribution in [0.4, 0.5) is 0 Å². The molecule has 3 rings (SSSR count). The number of nitrogens with zero attached hydrogens (tertiary/aromatic N) is 1. The number of rotatable bonds is 4. The Bertz CT molecular complexity index is 823. The molecule has 1 saturated heterocycles. The van der Waals surface area contributed by atoms with Crippen molar-refractivity contribution in [2.75, 3.05) is 13.1 Å². The molecule has 2 N–H and O–H groups in total. The standard InChI is InChI=1S/C19H21N3O3/c1-13-4-2-3-5-15(13)18-19(25)20-10-11-22(18)17(24)9-7-14-6-8-16(23)21-12-14/h2-6,8,12,18H,7,9-11H2,1H3,(H,20,25)(H,21,23). The highest BCUT2D eigenvalue weighted by Crippen LogP contribution is 2.26. The largest absolute Gasteiger partial charge is 0.352 e. The Labute approximate surface area is 145 Å². The fraction of sp³-hybridized carbons (Fsp3) is 0.316. The summed E-state index contributed by atoms with van der Waals surface area (Å²) in [6.45, 7) is 2.90. The van der Waals surface area contributed by atoms with Gasteiger partial charge in [0.05, 0.1) is 0 Å². The average molecular weight is 339 g/mol. The number of hydrogen-bond donors (Lipinski definition) is 2. The summed E-state index contributed by atoms with van der Waals surface area (Å²) >= 11 is 0. The fourth-order valence-corrected chi connectivity index (χ4v) is 3.13. The zero-order valence-electron chi connectivity index (χ0n) is 14.1. The van der Waals surface area contributed by atoms with Gasteiger partial charge in [-0.15, -0.1) is 0 Å². The maximum atomic E-state index is 12.8. The van der Waals surface area contributed by atoms with Crippen LogP contribution in [0.25, 0.3) is 0 Å². The van der Waals surface area contributed by atoms with E-state index in [0.29, 0.717) is 25.9 Å². The Kier molecular flexibility index (Phi) is 4.97. The van der Waals surface area contributed by atoms with Gasteiger partial charge in [-0.1, -0.05) is 30.3 Å². The molecular formula is C19H21N3O3. The van der Waals surface area contributed by atoms with Crippen LogP contribution in [0, 0.1) is 6.92 Å². The van der Waals surface area contributed by atoms with Crippen molar-refractivity contribution in [3.05, 3.63) is 69.6 Å². The van der Waals surface area contributed by atoms with Crippen LogP contribution in [-0.2, 0) is 16.0 Å². The zero-order chi connectivity index (χ0) is 17.8. The van der Waals surface area contributed by atoms with Crippen molar-refractivity contribution >= 4 is 11.8 Å². The molecule has 0 radical (unpaired) electrons. The highest BCUT2D eigenvalue weighted by Gasteiger charge is 2.34. The number of aromatic amines is 1. The quantitative estimate of drug-likeness (QED) is 0.881. The Morgan fingerprint density at radius 1 is 1.20 bits per heavy atom. The molecule has 25 heavy (non-hydrogen) atoms. The van der Waals surface area contributed by atoms with E-state index in [9.17, 15) is 14.4 Å². The van der Waals surface area contributed by atoms with E-state index in [4.69, 9.17) is 0 Å². The van der Waals surface area contributed by atoms with E-state index in [-0.39, 0.29) is 17.4 Å². The monoisotopic (exact) mass is 339 g/mol.